The van der Waals surface area contributed by atoms with Crippen molar-refractivity contribution >= 4 is 30.8 Å². The topological polar surface area (TPSA) is 70.6 Å². The molecule has 2 aromatic carbocycles. The molecule has 0 amide bonds. The third-order valence-electron chi connectivity index (χ3n) is 5.67. The Hall–Kier alpha value is -1.79. The van der Waals surface area contributed by atoms with Crippen molar-refractivity contribution in [3.63, 3.8) is 0 Å². The molecule has 166 valence electrons. The molecule has 3 rings (SSSR count). The van der Waals surface area contributed by atoms with Crippen molar-refractivity contribution in [2.24, 2.45) is 5.92 Å². The Morgan fingerprint density at radius 2 is 1.83 bits per heavy atom. The van der Waals surface area contributed by atoms with Gasteiger partial charge in [0.05, 0.1) is 13.0 Å². The first-order valence-electron chi connectivity index (χ1n) is 9.86. The van der Waals surface area contributed by atoms with Gasteiger partial charge in [0.1, 0.15) is 5.75 Å². The number of hydrogen-bond acceptors (Lipinski definition) is 4. The summed E-state index contributed by atoms with van der Waals surface area (Å²) in [6.07, 6.45) is 0. The Kier molecular flexibility index (Phi) is 10.1. The van der Waals surface area contributed by atoms with E-state index in [1.165, 1.54) is 5.56 Å². The molecule has 1 aliphatic heterocycles. The summed E-state index contributed by atoms with van der Waals surface area (Å²) in [5.41, 5.74) is 3.38. The number of carbonyl (C=O) groups is 1. The maximum absolute atomic E-state index is 12.0. The van der Waals surface area contributed by atoms with Gasteiger partial charge in [-0.05, 0) is 30.0 Å². The van der Waals surface area contributed by atoms with E-state index in [0.29, 0.717) is 12.5 Å². The molecule has 0 spiro atoms. The molecule has 0 saturated carbocycles. The van der Waals surface area contributed by atoms with Gasteiger partial charge in [-0.2, -0.15) is 0 Å². The molecule has 30 heavy (non-hydrogen) atoms. The summed E-state index contributed by atoms with van der Waals surface area (Å²) < 4.78 is 5.53. The Labute approximate surface area is 191 Å². The average Bonchev–Trinajstić information content (AvgIpc) is 3.03. The summed E-state index contributed by atoms with van der Waals surface area (Å²) in [7, 11) is 1.67. The van der Waals surface area contributed by atoms with Crippen LogP contribution < -0.4 is 15.4 Å². The number of methoxy groups -OCH3 is 1. The number of benzene rings is 2. The maximum Gasteiger partial charge on any atom is 0.309 e. The highest BCUT2D eigenvalue weighted by Crippen LogP contribution is 2.33. The predicted molar refractivity (Wildman–Crippen MR) is 125 cm³/mol. The Bertz CT molecular complexity index is 817. The first-order valence-corrected chi connectivity index (χ1v) is 9.86. The molecular weight excluding hydrogens is 423 g/mol. The van der Waals surface area contributed by atoms with Gasteiger partial charge >= 0.3 is 5.97 Å². The zero-order chi connectivity index (χ0) is 20.3. The van der Waals surface area contributed by atoms with E-state index >= 15 is 0 Å². The number of nitrogens with one attached hydrogen (secondary N) is 2. The maximum atomic E-state index is 12.0. The number of rotatable bonds is 7. The highest BCUT2D eigenvalue weighted by molar-refractivity contribution is 5.85. The van der Waals surface area contributed by atoms with Gasteiger partial charge in [-0.3, -0.25) is 4.79 Å². The number of aliphatic carboxylic acids is 1. The fourth-order valence-corrected chi connectivity index (χ4v) is 4.11. The molecule has 0 radical (unpaired) electrons. The summed E-state index contributed by atoms with van der Waals surface area (Å²) >= 11 is 0. The van der Waals surface area contributed by atoms with Gasteiger partial charge in [-0.25, -0.2) is 0 Å². The number of halogens is 2. The lowest BCUT2D eigenvalue weighted by Crippen LogP contribution is -2.41. The Morgan fingerprint density at radius 3 is 2.40 bits per heavy atom. The fraction of sp³-hybridized carbons (Fsp3) is 0.435. The van der Waals surface area contributed by atoms with Crippen molar-refractivity contribution in [1.82, 2.24) is 10.6 Å². The molecule has 4 atom stereocenters. The van der Waals surface area contributed by atoms with E-state index in [0.717, 1.165) is 16.9 Å². The minimum atomic E-state index is -0.779. The summed E-state index contributed by atoms with van der Waals surface area (Å²) in [4.78, 5) is 12.0. The second kappa shape index (κ2) is 11.6. The average molecular weight is 455 g/mol. The van der Waals surface area contributed by atoms with E-state index < -0.39 is 11.9 Å². The third kappa shape index (κ3) is 5.67. The van der Waals surface area contributed by atoms with Crippen molar-refractivity contribution in [1.29, 1.82) is 0 Å². The van der Waals surface area contributed by atoms with E-state index in [1.807, 2.05) is 43.3 Å². The first kappa shape index (κ1) is 26.2. The van der Waals surface area contributed by atoms with Crippen molar-refractivity contribution in [3.8, 4) is 5.75 Å². The molecule has 4 unspecified atom stereocenters. The monoisotopic (exact) mass is 454 g/mol. The van der Waals surface area contributed by atoms with Gasteiger partial charge in [-0.1, -0.05) is 56.3 Å². The van der Waals surface area contributed by atoms with Crippen LogP contribution in [0.1, 0.15) is 49.4 Å². The van der Waals surface area contributed by atoms with E-state index in [-0.39, 0.29) is 42.9 Å². The lowest BCUT2D eigenvalue weighted by atomic mass is 9.91. The third-order valence-corrected chi connectivity index (χ3v) is 5.67. The highest BCUT2D eigenvalue weighted by Gasteiger charge is 2.45. The lowest BCUT2D eigenvalue weighted by molar-refractivity contribution is -0.142. The smallest absolute Gasteiger partial charge is 0.309 e. The van der Waals surface area contributed by atoms with Gasteiger partial charge in [0.25, 0.3) is 0 Å². The summed E-state index contributed by atoms with van der Waals surface area (Å²) in [6, 6.07) is 15.9. The highest BCUT2D eigenvalue weighted by atomic mass is 35.5. The Balaban J connectivity index is 0.00000225. The normalized spacial score (nSPS) is 22.8. The second-order valence-electron chi connectivity index (χ2n) is 7.84. The number of hydrogen-bond donors (Lipinski definition) is 3. The van der Waals surface area contributed by atoms with Crippen LogP contribution in [0.25, 0.3) is 0 Å². The Morgan fingerprint density at radius 1 is 1.17 bits per heavy atom. The van der Waals surface area contributed by atoms with Gasteiger partial charge in [-0.15, -0.1) is 24.8 Å². The molecule has 1 saturated heterocycles. The van der Waals surface area contributed by atoms with Crippen LogP contribution in [0.3, 0.4) is 0 Å². The molecule has 0 aromatic heterocycles. The minimum absolute atomic E-state index is 0. The quantitative estimate of drug-likeness (QED) is 0.571. The van der Waals surface area contributed by atoms with Crippen molar-refractivity contribution in [3.05, 3.63) is 65.2 Å². The van der Waals surface area contributed by atoms with Crippen LogP contribution in [-0.2, 0) is 11.3 Å². The SMILES string of the molecule is COc1ccc(C(C)C)cc1CNC1C(c2ccccc2)NC(C)C1C(=O)O.Cl.Cl. The molecular formula is C23H32Cl2N2O3. The van der Waals surface area contributed by atoms with Crippen molar-refractivity contribution in [2.45, 2.75) is 51.4 Å². The van der Waals surface area contributed by atoms with E-state index in [1.54, 1.807) is 7.11 Å². The molecule has 5 nitrogen and oxygen atoms in total. The summed E-state index contributed by atoms with van der Waals surface area (Å²) in [5.74, 6) is -0.0518. The van der Waals surface area contributed by atoms with Crippen molar-refractivity contribution < 1.29 is 14.6 Å². The van der Waals surface area contributed by atoms with Crippen LogP contribution >= 0.6 is 24.8 Å². The van der Waals surface area contributed by atoms with Gasteiger partial charge in [0, 0.05) is 30.2 Å². The van der Waals surface area contributed by atoms with E-state index in [4.69, 9.17) is 4.74 Å². The van der Waals surface area contributed by atoms with Crippen LogP contribution in [0.4, 0.5) is 0 Å². The largest absolute Gasteiger partial charge is 0.496 e. The van der Waals surface area contributed by atoms with Crippen LogP contribution in [-0.4, -0.2) is 30.3 Å². The van der Waals surface area contributed by atoms with Crippen molar-refractivity contribution in [2.75, 3.05) is 7.11 Å². The summed E-state index contributed by atoms with van der Waals surface area (Å²) in [6.45, 7) is 6.81. The summed E-state index contributed by atoms with van der Waals surface area (Å²) in [5, 5.41) is 16.8. The molecule has 0 aliphatic carbocycles. The molecule has 7 heteroatoms. The first-order chi connectivity index (χ1) is 13.4. The van der Waals surface area contributed by atoms with E-state index in [9.17, 15) is 9.90 Å². The van der Waals surface area contributed by atoms with Crippen LogP contribution in [0.2, 0.25) is 0 Å². The van der Waals surface area contributed by atoms with Crippen LogP contribution in [0.5, 0.6) is 5.75 Å². The molecule has 0 bridgehead atoms. The number of ether oxygens (including phenoxy) is 1. The zero-order valence-electron chi connectivity index (χ0n) is 17.8. The van der Waals surface area contributed by atoms with Crippen LogP contribution in [0.15, 0.2) is 48.5 Å². The molecule has 3 N–H and O–H groups in total. The standard InChI is InChI=1S/C23H30N2O3.2ClH/c1-14(2)17-10-11-19(28-4)18(12-17)13-24-22-20(23(26)27)15(3)25-21(22)16-8-6-5-7-9-16;;/h5-12,14-15,20-22,24-25H,13H2,1-4H3,(H,26,27);2*1H. The van der Waals surface area contributed by atoms with Gasteiger partial charge in [0.15, 0.2) is 0 Å². The lowest BCUT2D eigenvalue weighted by Gasteiger charge is -2.25. The molecule has 1 fully saturated rings. The molecule has 1 aliphatic rings. The fourth-order valence-electron chi connectivity index (χ4n) is 4.11. The molecule has 1 heterocycles. The predicted octanol–water partition coefficient (Wildman–Crippen LogP) is 4.55. The zero-order valence-corrected chi connectivity index (χ0v) is 19.4. The van der Waals surface area contributed by atoms with Gasteiger partial charge in [0.2, 0.25) is 0 Å². The van der Waals surface area contributed by atoms with Crippen LogP contribution in [0, 0.1) is 5.92 Å². The second-order valence-corrected chi connectivity index (χ2v) is 7.84. The minimum Gasteiger partial charge on any atom is -0.496 e. The van der Waals surface area contributed by atoms with E-state index in [2.05, 4.69) is 36.6 Å². The number of carboxylic acid groups (broad SMARTS) is 1. The number of carboxylic acids is 1. The van der Waals surface area contributed by atoms with Gasteiger partial charge < -0.3 is 20.5 Å². The molecule has 2 aromatic rings.